The molecule has 9 heteroatoms. The van der Waals surface area contributed by atoms with Crippen LogP contribution in [0.15, 0.2) is 42.5 Å². The number of rotatable bonds is 6. The number of hydrogen-bond donors (Lipinski definition) is 0. The zero-order valence-electron chi connectivity index (χ0n) is 16.1. The lowest BCUT2D eigenvalue weighted by atomic mass is 10.1. The first kappa shape index (κ1) is 22.5. The van der Waals surface area contributed by atoms with Gasteiger partial charge in [0.2, 0.25) is 0 Å². The van der Waals surface area contributed by atoms with Crippen LogP contribution in [-0.4, -0.2) is 54.7 Å². The quantitative estimate of drug-likeness (QED) is 0.614. The molecule has 3 rings (SSSR count). The highest BCUT2D eigenvalue weighted by Crippen LogP contribution is 2.22. The molecule has 0 saturated carbocycles. The van der Waals surface area contributed by atoms with E-state index in [1.165, 1.54) is 6.07 Å². The summed E-state index contributed by atoms with van der Waals surface area (Å²) in [6.45, 7) is 1.03. The molecule has 0 N–H and O–H groups in total. The third kappa shape index (κ3) is 6.17. The summed E-state index contributed by atoms with van der Waals surface area (Å²) in [6.07, 6.45) is -4.37. The summed E-state index contributed by atoms with van der Waals surface area (Å²) < 4.78 is 54.9. The SMILES string of the molecule is O=C(c1ccc(COCC(F)(F)F)cc1)N1CCN(Cc2c(F)cccc2Cl)CC1. The molecule has 1 saturated heterocycles. The molecule has 1 fully saturated rings. The van der Waals surface area contributed by atoms with E-state index < -0.39 is 12.8 Å². The summed E-state index contributed by atoms with van der Waals surface area (Å²) in [5.74, 6) is -0.498. The zero-order chi connectivity index (χ0) is 21.7. The maximum absolute atomic E-state index is 14.0. The smallest absolute Gasteiger partial charge is 0.367 e. The second-order valence-corrected chi connectivity index (χ2v) is 7.48. The number of piperazine rings is 1. The van der Waals surface area contributed by atoms with E-state index in [9.17, 15) is 22.4 Å². The van der Waals surface area contributed by atoms with Crippen LogP contribution in [0.25, 0.3) is 0 Å². The fraction of sp³-hybridized carbons (Fsp3) is 0.381. The third-order valence-electron chi connectivity index (χ3n) is 4.84. The van der Waals surface area contributed by atoms with E-state index in [1.807, 2.05) is 4.90 Å². The second-order valence-electron chi connectivity index (χ2n) is 7.07. The Morgan fingerprint density at radius 2 is 1.70 bits per heavy atom. The first-order valence-electron chi connectivity index (χ1n) is 9.41. The molecular formula is C21H21ClF4N2O2. The van der Waals surface area contributed by atoms with Gasteiger partial charge in [0.25, 0.3) is 5.91 Å². The minimum Gasteiger partial charge on any atom is -0.367 e. The van der Waals surface area contributed by atoms with Crippen LogP contribution in [0.3, 0.4) is 0 Å². The van der Waals surface area contributed by atoms with Crippen molar-refractivity contribution in [3.05, 3.63) is 70.0 Å². The summed E-state index contributed by atoms with van der Waals surface area (Å²) in [5, 5.41) is 0.382. The second kappa shape index (κ2) is 9.76. The first-order chi connectivity index (χ1) is 14.2. The van der Waals surface area contributed by atoms with Crippen LogP contribution in [0.5, 0.6) is 0 Å². The fourth-order valence-electron chi connectivity index (χ4n) is 3.23. The van der Waals surface area contributed by atoms with Crippen LogP contribution in [-0.2, 0) is 17.9 Å². The molecule has 162 valence electrons. The maximum Gasteiger partial charge on any atom is 0.411 e. The van der Waals surface area contributed by atoms with E-state index in [-0.39, 0.29) is 18.3 Å². The highest BCUT2D eigenvalue weighted by Gasteiger charge is 2.27. The normalized spacial score (nSPS) is 15.4. The standard InChI is InChI=1S/C21H21ClF4N2O2/c22-18-2-1-3-19(23)17(18)12-27-8-10-28(11-9-27)20(29)16-6-4-15(5-7-16)13-30-14-21(24,25)26/h1-7H,8-14H2. The summed E-state index contributed by atoms with van der Waals surface area (Å²) in [4.78, 5) is 16.4. The molecular weight excluding hydrogens is 424 g/mol. The molecule has 0 aliphatic carbocycles. The number of benzene rings is 2. The van der Waals surface area contributed by atoms with E-state index in [1.54, 1.807) is 41.3 Å². The van der Waals surface area contributed by atoms with Gasteiger partial charge in [0.05, 0.1) is 6.61 Å². The third-order valence-corrected chi connectivity index (χ3v) is 5.19. The Labute approximate surface area is 177 Å². The Balaban J connectivity index is 1.50. The minimum absolute atomic E-state index is 0.152. The van der Waals surface area contributed by atoms with E-state index in [2.05, 4.69) is 4.74 Å². The van der Waals surface area contributed by atoms with Gasteiger partial charge in [0.1, 0.15) is 12.4 Å². The highest BCUT2D eigenvalue weighted by molar-refractivity contribution is 6.31. The molecule has 1 amide bonds. The Morgan fingerprint density at radius 3 is 2.30 bits per heavy atom. The molecule has 0 unspecified atom stereocenters. The van der Waals surface area contributed by atoms with Gasteiger partial charge >= 0.3 is 6.18 Å². The molecule has 30 heavy (non-hydrogen) atoms. The van der Waals surface area contributed by atoms with Crippen LogP contribution >= 0.6 is 11.6 Å². The predicted molar refractivity (Wildman–Crippen MR) is 105 cm³/mol. The Hall–Kier alpha value is -2.16. The van der Waals surface area contributed by atoms with Gasteiger partial charge in [-0.3, -0.25) is 9.69 Å². The van der Waals surface area contributed by atoms with E-state index in [0.717, 1.165) is 0 Å². The van der Waals surface area contributed by atoms with Crippen molar-refractivity contribution in [2.75, 3.05) is 32.8 Å². The maximum atomic E-state index is 14.0. The minimum atomic E-state index is -4.37. The molecule has 2 aromatic rings. The van der Waals surface area contributed by atoms with Crippen LogP contribution in [0, 0.1) is 5.82 Å². The average molecular weight is 445 g/mol. The van der Waals surface area contributed by atoms with Crippen molar-refractivity contribution >= 4 is 17.5 Å². The van der Waals surface area contributed by atoms with Crippen molar-refractivity contribution in [3.63, 3.8) is 0 Å². The lowest BCUT2D eigenvalue weighted by molar-refractivity contribution is -0.176. The van der Waals surface area contributed by atoms with Crippen molar-refractivity contribution < 1.29 is 27.1 Å². The van der Waals surface area contributed by atoms with Crippen molar-refractivity contribution in [1.82, 2.24) is 9.80 Å². The number of carbonyl (C=O) groups excluding carboxylic acids is 1. The molecule has 0 bridgehead atoms. The molecule has 0 atom stereocenters. The van der Waals surface area contributed by atoms with Gasteiger partial charge in [0.15, 0.2) is 0 Å². The molecule has 1 aliphatic heterocycles. The number of ether oxygens (including phenoxy) is 1. The molecule has 2 aromatic carbocycles. The molecule has 4 nitrogen and oxygen atoms in total. The van der Waals surface area contributed by atoms with Gasteiger partial charge in [-0.1, -0.05) is 29.8 Å². The van der Waals surface area contributed by atoms with E-state index in [4.69, 9.17) is 11.6 Å². The topological polar surface area (TPSA) is 32.8 Å². The predicted octanol–water partition coefficient (Wildman–Crippen LogP) is 4.52. The monoisotopic (exact) mass is 444 g/mol. The van der Waals surface area contributed by atoms with Gasteiger partial charge in [-0.2, -0.15) is 13.2 Å². The van der Waals surface area contributed by atoms with Gasteiger partial charge in [-0.15, -0.1) is 0 Å². The summed E-state index contributed by atoms with van der Waals surface area (Å²) in [6, 6.07) is 10.9. The lowest BCUT2D eigenvalue weighted by Gasteiger charge is -2.35. The van der Waals surface area contributed by atoms with Gasteiger partial charge in [-0.05, 0) is 29.8 Å². The summed E-state index contributed by atoms with van der Waals surface area (Å²) in [5.41, 5.74) is 1.46. The highest BCUT2D eigenvalue weighted by atomic mass is 35.5. The summed E-state index contributed by atoms with van der Waals surface area (Å²) in [7, 11) is 0. The fourth-order valence-corrected chi connectivity index (χ4v) is 3.45. The summed E-state index contributed by atoms with van der Waals surface area (Å²) >= 11 is 6.08. The van der Waals surface area contributed by atoms with Crippen LogP contribution in [0.1, 0.15) is 21.5 Å². The van der Waals surface area contributed by atoms with Gasteiger partial charge < -0.3 is 9.64 Å². The molecule has 0 aromatic heterocycles. The number of amides is 1. The van der Waals surface area contributed by atoms with Gasteiger partial charge in [0, 0.05) is 48.9 Å². The molecule has 1 aliphatic rings. The lowest BCUT2D eigenvalue weighted by Crippen LogP contribution is -2.48. The number of hydrogen-bond acceptors (Lipinski definition) is 3. The average Bonchev–Trinajstić information content (AvgIpc) is 2.70. The van der Waals surface area contributed by atoms with Crippen LogP contribution < -0.4 is 0 Å². The molecule has 0 radical (unpaired) electrons. The van der Waals surface area contributed by atoms with Gasteiger partial charge in [-0.25, -0.2) is 4.39 Å². The van der Waals surface area contributed by atoms with Crippen LogP contribution in [0.4, 0.5) is 17.6 Å². The molecule has 0 spiro atoms. The molecule has 1 heterocycles. The number of alkyl halides is 3. The largest absolute Gasteiger partial charge is 0.411 e. The number of halogens is 5. The van der Waals surface area contributed by atoms with Crippen molar-refractivity contribution in [1.29, 1.82) is 0 Å². The van der Waals surface area contributed by atoms with E-state index >= 15 is 0 Å². The van der Waals surface area contributed by atoms with Crippen molar-refractivity contribution in [2.45, 2.75) is 19.3 Å². The first-order valence-corrected chi connectivity index (χ1v) is 9.79. The van der Waals surface area contributed by atoms with E-state index in [0.29, 0.717) is 54.4 Å². The Kier molecular flexibility index (Phi) is 7.33. The Bertz CT molecular complexity index is 846. The van der Waals surface area contributed by atoms with Crippen molar-refractivity contribution in [3.8, 4) is 0 Å². The van der Waals surface area contributed by atoms with Crippen LogP contribution in [0.2, 0.25) is 5.02 Å². The van der Waals surface area contributed by atoms with Crippen molar-refractivity contribution in [2.24, 2.45) is 0 Å². The Morgan fingerprint density at radius 1 is 1.03 bits per heavy atom. The number of nitrogens with zero attached hydrogens (tertiary/aromatic N) is 2. The zero-order valence-corrected chi connectivity index (χ0v) is 16.8. The number of carbonyl (C=O) groups is 1.